The average Bonchev–Trinajstić information content (AvgIpc) is 2.55. The van der Waals surface area contributed by atoms with E-state index < -0.39 is 36.1 Å². The third kappa shape index (κ3) is 3.03. The molecule has 7 heteroatoms. The Hall–Kier alpha value is -1.93. The van der Waals surface area contributed by atoms with Gasteiger partial charge in [-0.3, -0.25) is 0 Å². The molecule has 1 aliphatic heterocycles. The fourth-order valence-corrected chi connectivity index (χ4v) is 2.88. The van der Waals surface area contributed by atoms with E-state index >= 15 is 0 Å². The summed E-state index contributed by atoms with van der Waals surface area (Å²) in [6.07, 6.45) is -3.94. The van der Waals surface area contributed by atoms with Gasteiger partial charge in [0, 0.05) is 23.4 Å². The third-order valence-corrected chi connectivity index (χ3v) is 4.40. The SMILES string of the molecule is Cc1cc(=O)oc2cc(O[C@@H]3O[C@H](CO)[C@H](O)[C@H](C)[C@H]3O)ccc12. The Morgan fingerprint density at radius 3 is 2.67 bits per heavy atom. The van der Waals surface area contributed by atoms with Crippen LogP contribution < -0.4 is 10.4 Å². The molecule has 0 amide bonds. The molecule has 1 fully saturated rings. The first-order valence-electron chi connectivity index (χ1n) is 7.74. The van der Waals surface area contributed by atoms with Crippen molar-refractivity contribution >= 4 is 11.0 Å². The van der Waals surface area contributed by atoms with Gasteiger partial charge in [-0.1, -0.05) is 6.92 Å². The molecule has 1 saturated heterocycles. The number of aryl methyl sites for hydroxylation is 1. The van der Waals surface area contributed by atoms with Gasteiger partial charge in [0.15, 0.2) is 0 Å². The van der Waals surface area contributed by atoms with Crippen molar-refractivity contribution in [2.45, 2.75) is 38.4 Å². The van der Waals surface area contributed by atoms with Gasteiger partial charge in [-0.05, 0) is 24.6 Å². The Balaban J connectivity index is 1.87. The summed E-state index contributed by atoms with van der Waals surface area (Å²) in [6, 6.07) is 6.38. The summed E-state index contributed by atoms with van der Waals surface area (Å²) >= 11 is 0. The Morgan fingerprint density at radius 1 is 1.21 bits per heavy atom. The van der Waals surface area contributed by atoms with E-state index in [1.54, 1.807) is 25.1 Å². The molecule has 0 spiro atoms. The number of aliphatic hydroxyl groups excluding tert-OH is 3. The van der Waals surface area contributed by atoms with Crippen LogP contribution in [0.2, 0.25) is 0 Å². The summed E-state index contributed by atoms with van der Waals surface area (Å²) in [5.41, 5.74) is 0.705. The average molecular weight is 336 g/mol. The maximum atomic E-state index is 11.5. The van der Waals surface area contributed by atoms with Gasteiger partial charge in [-0.2, -0.15) is 0 Å². The van der Waals surface area contributed by atoms with Gasteiger partial charge in [-0.15, -0.1) is 0 Å². The van der Waals surface area contributed by atoms with E-state index in [-0.39, 0.29) is 6.61 Å². The largest absolute Gasteiger partial charge is 0.462 e. The number of fused-ring (bicyclic) bond motifs is 1. The van der Waals surface area contributed by atoms with Gasteiger partial charge in [-0.25, -0.2) is 4.79 Å². The van der Waals surface area contributed by atoms with Gasteiger partial charge in [0.25, 0.3) is 0 Å². The first-order valence-corrected chi connectivity index (χ1v) is 7.74. The van der Waals surface area contributed by atoms with Crippen LogP contribution in [0.4, 0.5) is 0 Å². The third-order valence-electron chi connectivity index (χ3n) is 4.40. The Kier molecular flexibility index (Phi) is 4.60. The molecule has 1 aliphatic rings. The highest BCUT2D eigenvalue weighted by Gasteiger charge is 2.43. The van der Waals surface area contributed by atoms with E-state index in [2.05, 4.69) is 0 Å². The lowest BCUT2D eigenvalue weighted by Crippen LogP contribution is -2.56. The van der Waals surface area contributed by atoms with Crippen LogP contribution in [0, 0.1) is 12.8 Å². The van der Waals surface area contributed by atoms with Crippen molar-refractivity contribution in [3.8, 4) is 5.75 Å². The molecule has 7 nitrogen and oxygen atoms in total. The van der Waals surface area contributed by atoms with Crippen LogP contribution in [-0.4, -0.2) is 46.5 Å². The molecule has 0 aliphatic carbocycles. The van der Waals surface area contributed by atoms with Gasteiger partial charge < -0.3 is 29.2 Å². The fraction of sp³-hybridized carbons (Fsp3) is 0.471. The molecular weight excluding hydrogens is 316 g/mol. The molecule has 0 unspecified atom stereocenters. The fourth-order valence-electron chi connectivity index (χ4n) is 2.88. The lowest BCUT2D eigenvalue weighted by Gasteiger charge is -2.40. The maximum Gasteiger partial charge on any atom is 0.336 e. The second kappa shape index (κ2) is 6.52. The molecule has 1 aromatic carbocycles. The molecule has 24 heavy (non-hydrogen) atoms. The van der Waals surface area contributed by atoms with Gasteiger partial charge in [0.1, 0.15) is 23.5 Å². The highest BCUT2D eigenvalue weighted by Crippen LogP contribution is 2.29. The Labute approximate surface area is 138 Å². The number of rotatable bonds is 3. The molecular formula is C17H20O7. The van der Waals surface area contributed by atoms with Crippen LogP contribution in [0.3, 0.4) is 0 Å². The molecule has 130 valence electrons. The van der Waals surface area contributed by atoms with Crippen molar-refractivity contribution in [3.05, 3.63) is 40.2 Å². The number of benzene rings is 1. The van der Waals surface area contributed by atoms with Crippen molar-refractivity contribution in [1.29, 1.82) is 0 Å². The minimum absolute atomic E-state index is 0.348. The zero-order chi connectivity index (χ0) is 17.4. The Morgan fingerprint density at radius 2 is 1.96 bits per heavy atom. The van der Waals surface area contributed by atoms with E-state index in [0.29, 0.717) is 11.3 Å². The predicted molar refractivity (Wildman–Crippen MR) is 84.8 cm³/mol. The first kappa shape index (κ1) is 16.9. The minimum atomic E-state index is -1.07. The van der Waals surface area contributed by atoms with E-state index in [4.69, 9.17) is 13.9 Å². The van der Waals surface area contributed by atoms with Crippen LogP contribution in [0.15, 0.2) is 33.5 Å². The monoisotopic (exact) mass is 336 g/mol. The molecule has 1 aromatic heterocycles. The molecule has 0 radical (unpaired) electrons. The molecule has 3 rings (SSSR count). The smallest absolute Gasteiger partial charge is 0.336 e. The molecule has 5 atom stereocenters. The minimum Gasteiger partial charge on any atom is -0.462 e. The summed E-state index contributed by atoms with van der Waals surface area (Å²) in [5.74, 6) is -0.179. The van der Waals surface area contributed by atoms with Crippen molar-refractivity contribution in [1.82, 2.24) is 0 Å². The zero-order valence-electron chi connectivity index (χ0n) is 13.4. The van der Waals surface area contributed by atoms with Crippen LogP contribution in [0.5, 0.6) is 5.75 Å². The first-order chi connectivity index (χ1) is 11.4. The highest BCUT2D eigenvalue weighted by atomic mass is 16.7. The molecule has 0 saturated carbocycles. The van der Waals surface area contributed by atoms with Crippen molar-refractivity contribution < 1.29 is 29.2 Å². The highest BCUT2D eigenvalue weighted by molar-refractivity contribution is 5.81. The number of hydrogen-bond acceptors (Lipinski definition) is 7. The van der Waals surface area contributed by atoms with Crippen molar-refractivity contribution in [3.63, 3.8) is 0 Å². The van der Waals surface area contributed by atoms with E-state index in [1.165, 1.54) is 6.07 Å². The number of hydrogen-bond donors (Lipinski definition) is 3. The second-order valence-electron chi connectivity index (χ2n) is 6.09. The summed E-state index contributed by atoms with van der Waals surface area (Å²) in [5, 5.41) is 30.2. The van der Waals surface area contributed by atoms with E-state index in [1.807, 2.05) is 6.92 Å². The normalized spacial score (nSPS) is 30.5. The maximum absolute atomic E-state index is 11.5. The van der Waals surface area contributed by atoms with Crippen molar-refractivity contribution in [2.75, 3.05) is 6.61 Å². The van der Waals surface area contributed by atoms with Crippen LogP contribution in [0.25, 0.3) is 11.0 Å². The predicted octanol–water partition coefficient (Wildman–Crippen LogP) is 0.555. The molecule has 3 N–H and O–H groups in total. The summed E-state index contributed by atoms with van der Waals surface area (Å²) in [4.78, 5) is 11.5. The van der Waals surface area contributed by atoms with Crippen LogP contribution in [0.1, 0.15) is 12.5 Å². The lowest BCUT2D eigenvalue weighted by molar-refractivity contribution is -0.260. The summed E-state index contributed by atoms with van der Waals surface area (Å²) < 4.78 is 16.2. The lowest BCUT2D eigenvalue weighted by atomic mass is 9.91. The molecule has 0 bridgehead atoms. The van der Waals surface area contributed by atoms with Crippen molar-refractivity contribution in [2.24, 2.45) is 5.92 Å². The summed E-state index contributed by atoms with van der Waals surface area (Å²) in [6.45, 7) is 3.08. The number of ether oxygens (including phenoxy) is 2. The zero-order valence-corrected chi connectivity index (χ0v) is 13.4. The molecule has 2 aromatic rings. The molecule has 2 heterocycles. The summed E-state index contributed by atoms with van der Waals surface area (Å²) in [7, 11) is 0. The van der Waals surface area contributed by atoms with Crippen LogP contribution >= 0.6 is 0 Å². The Bertz CT molecular complexity index is 782. The van der Waals surface area contributed by atoms with Gasteiger partial charge in [0.05, 0.1) is 12.7 Å². The topological polar surface area (TPSA) is 109 Å². The van der Waals surface area contributed by atoms with Gasteiger partial charge in [0.2, 0.25) is 6.29 Å². The number of aliphatic hydroxyl groups is 3. The van der Waals surface area contributed by atoms with Gasteiger partial charge >= 0.3 is 5.63 Å². The van der Waals surface area contributed by atoms with E-state index in [9.17, 15) is 20.1 Å². The standard InChI is InChI=1S/C17H20O7/c1-8-5-14(19)23-12-6-10(3-4-11(8)12)22-17-16(21)9(2)15(20)13(7-18)24-17/h3-6,9,13,15-18,20-21H,7H2,1-2H3/t9-,13+,15+,16+,17+/m0/s1. The van der Waals surface area contributed by atoms with E-state index in [0.717, 1.165) is 10.9 Å². The second-order valence-corrected chi connectivity index (χ2v) is 6.09. The van der Waals surface area contributed by atoms with Crippen LogP contribution in [-0.2, 0) is 4.74 Å². The quantitative estimate of drug-likeness (QED) is 0.702.